The predicted octanol–water partition coefficient (Wildman–Crippen LogP) is 0.614. The number of benzene rings is 1. The second-order valence-corrected chi connectivity index (χ2v) is 6.35. The van der Waals surface area contributed by atoms with Crippen molar-refractivity contribution in [3.8, 4) is 0 Å². The lowest BCUT2D eigenvalue weighted by atomic mass is 10.1. The van der Waals surface area contributed by atoms with Crippen molar-refractivity contribution in [2.45, 2.75) is 31.5 Å². The fraction of sp³-hybridized carbons (Fsp3) is 0.400. The summed E-state index contributed by atoms with van der Waals surface area (Å²) in [4.78, 5) is 36.7. The van der Waals surface area contributed by atoms with Gasteiger partial charge in [-0.2, -0.15) is 0 Å². The van der Waals surface area contributed by atoms with E-state index in [4.69, 9.17) is 5.11 Å². The van der Waals surface area contributed by atoms with Gasteiger partial charge in [0.05, 0.1) is 6.10 Å². The van der Waals surface area contributed by atoms with Gasteiger partial charge in [-0.15, -0.1) is 0 Å². The molecule has 2 amide bonds. The fourth-order valence-corrected chi connectivity index (χ4v) is 2.75. The molecule has 0 radical (unpaired) electrons. The average molecular weight is 385 g/mol. The molecule has 124 valence electrons. The largest absolute Gasteiger partial charge is 0.480 e. The van der Waals surface area contributed by atoms with Crippen LogP contribution in [0.5, 0.6) is 0 Å². The van der Waals surface area contributed by atoms with Crippen molar-refractivity contribution in [2.24, 2.45) is 0 Å². The minimum Gasteiger partial charge on any atom is -0.480 e. The van der Waals surface area contributed by atoms with E-state index in [2.05, 4.69) is 21.2 Å². The van der Waals surface area contributed by atoms with Gasteiger partial charge in [0.15, 0.2) is 0 Å². The Morgan fingerprint density at radius 3 is 2.48 bits per heavy atom. The molecule has 23 heavy (non-hydrogen) atoms. The van der Waals surface area contributed by atoms with Crippen molar-refractivity contribution in [3.63, 3.8) is 0 Å². The van der Waals surface area contributed by atoms with Crippen molar-refractivity contribution in [1.29, 1.82) is 0 Å². The summed E-state index contributed by atoms with van der Waals surface area (Å²) in [5.74, 6) is -2.12. The van der Waals surface area contributed by atoms with Gasteiger partial charge < -0.3 is 20.4 Å². The molecule has 1 aliphatic rings. The van der Waals surface area contributed by atoms with Crippen LogP contribution in [0, 0.1) is 0 Å². The molecule has 1 aliphatic heterocycles. The minimum absolute atomic E-state index is 0.00550. The van der Waals surface area contributed by atoms with Crippen molar-refractivity contribution in [1.82, 2.24) is 10.2 Å². The van der Waals surface area contributed by atoms with E-state index in [-0.39, 0.29) is 13.0 Å². The lowest BCUT2D eigenvalue weighted by molar-refractivity contribution is -0.148. The number of nitrogens with one attached hydrogen (secondary N) is 1. The van der Waals surface area contributed by atoms with Crippen LogP contribution in [0.4, 0.5) is 0 Å². The van der Waals surface area contributed by atoms with Crippen LogP contribution in [0.15, 0.2) is 28.7 Å². The smallest absolute Gasteiger partial charge is 0.326 e. The maximum Gasteiger partial charge on any atom is 0.326 e. The molecule has 0 bridgehead atoms. The highest BCUT2D eigenvalue weighted by atomic mass is 79.9. The molecule has 3 N–H and O–H groups in total. The molecular weight excluding hydrogens is 368 g/mol. The Balaban J connectivity index is 2.03. The molecule has 0 spiro atoms. The minimum atomic E-state index is -1.17. The summed E-state index contributed by atoms with van der Waals surface area (Å²) in [5.41, 5.74) is 0.393. The molecule has 2 rings (SSSR count). The number of carboxylic acid groups (broad SMARTS) is 1. The van der Waals surface area contributed by atoms with Gasteiger partial charge >= 0.3 is 5.97 Å². The van der Waals surface area contributed by atoms with Crippen LogP contribution in [0.2, 0.25) is 0 Å². The Morgan fingerprint density at radius 2 is 1.91 bits per heavy atom. The van der Waals surface area contributed by atoms with E-state index in [1.807, 2.05) is 0 Å². The number of nitrogens with zero attached hydrogens (tertiary/aromatic N) is 1. The molecule has 1 heterocycles. The standard InChI is InChI=1S/C15H17BrN2O5/c1-8(17-13(20)9-2-4-10(16)5-3-9)14(21)18-7-11(19)6-12(18)15(22)23/h2-5,8,11-12,19H,6-7H2,1H3,(H,17,20)(H,22,23)/t8-,11+,12-/m0/s1. The van der Waals surface area contributed by atoms with Crippen molar-refractivity contribution >= 4 is 33.7 Å². The summed E-state index contributed by atoms with van der Waals surface area (Å²) in [6.45, 7) is 1.44. The molecule has 0 aromatic heterocycles. The van der Waals surface area contributed by atoms with Gasteiger partial charge in [0.25, 0.3) is 5.91 Å². The summed E-state index contributed by atoms with van der Waals surface area (Å²) in [6, 6.07) is 4.67. The van der Waals surface area contributed by atoms with Crippen LogP contribution in [0.1, 0.15) is 23.7 Å². The van der Waals surface area contributed by atoms with Gasteiger partial charge in [-0.05, 0) is 31.2 Å². The maximum absolute atomic E-state index is 12.4. The van der Waals surface area contributed by atoms with E-state index >= 15 is 0 Å². The Morgan fingerprint density at radius 1 is 1.30 bits per heavy atom. The summed E-state index contributed by atoms with van der Waals surface area (Å²) in [7, 11) is 0. The summed E-state index contributed by atoms with van der Waals surface area (Å²) in [6.07, 6.45) is -0.872. The highest BCUT2D eigenvalue weighted by molar-refractivity contribution is 9.10. The van der Waals surface area contributed by atoms with E-state index in [0.717, 1.165) is 9.37 Å². The van der Waals surface area contributed by atoms with Gasteiger partial charge in [-0.3, -0.25) is 9.59 Å². The lowest BCUT2D eigenvalue weighted by Gasteiger charge is -2.25. The van der Waals surface area contributed by atoms with Crippen molar-refractivity contribution in [3.05, 3.63) is 34.3 Å². The number of β-amino-alcohol motifs (C(OH)–C–C–N with tert-alkyl or cyclic N) is 1. The summed E-state index contributed by atoms with van der Waals surface area (Å²) >= 11 is 3.27. The first-order valence-electron chi connectivity index (χ1n) is 7.07. The van der Waals surface area contributed by atoms with E-state index in [9.17, 15) is 19.5 Å². The van der Waals surface area contributed by atoms with E-state index in [0.29, 0.717) is 5.56 Å². The Bertz CT molecular complexity index is 619. The molecule has 1 aromatic rings. The highest BCUT2D eigenvalue weighted by Crippen LogP contribution is 2.19. The zero-order chi connectivity index (χ0) is 17.1. The Labute approximate surface area is 141 Å². The van der Waals surface area contributed by atoms with E-state index in [1.54, 1.807) is 24.3 Å². The van der Waals surface area contributed by atoms with Crippen LogP contribution in [-0.2, 0) is 9.59 Å². The second-order valence-electron chi connectivity index (χ2n) is 5.44. The number of amides is 2. The quantitative estimate of drug-likeness (QED) is 0.704. The number of aliphatic hydroxyl groups excluding tert-OH is 1. The first kappa shape index (κ1) is 17.4. The maximum atomic E-state index is 12.4. The average Bonchev–Trinajstić information content (AvgIpc) is 2.89. The molecule has 3 atom stereocenters. The van der Waals surface area contributed by atoms with Crippen LogP contribution < -0.4 is 5.32 Å². The topological polar surface area (TPSA) is 107 Å². The molecule has 8 heteroatoms. The zero-order valence-electron chi connectivity index (χ0n) is 12.4. The molecule has 0 aliphatic carbocycles. The number of carbonyl (C=O) groups is 3. The Kier molecular flexibility index (Phi) is 5.38. The normalized spacial score (nSPS) is 21.8. The van der Waals surface area contributed by atoms with Crippen LogP contribution in [-0.4, -0.2) is 57.6 Å². The number of rotatable bonds is 4. The molecular formula is C15H17BrN2O5. The number of aliphatic carboxylic acids is 1. The van der Waals surface area contributed by atoms with Gasteiger partial charge in [0, 0.05) is 23.0 Å². The SMILES string of the molecule is C[C@H](NC(=O)c1ccc(Br)cc1)C(=O)N1C[C@H](O)C[C@H]1C(=O)O. The summed E-state index contributed by atoms with van der Waals surface area (Å²) < 4.78 is 0.827. The monoisotopic (exact) mass is 384 g/mol. The number of halogens is 1. The number of carbonyl (C=O) groups excluding carboxylic acids is 2. The zero-order valence-corrected chi connectivity index (χ0v) is 14.0. The van der Waals surface area contributed by atoms with Gasteiger partial charge in [0.1, 0.15) is 12.1 Å². The number of aliphatic hydroxyl groups is 1. The molecule has 0 unspecified atom stereocenters. The van der Waals surface area contributed by atoms with Crippen LogP contribution in [0.25, 0.3) is 0 Å². The third kappa shape index (κ3) is 4.08. The number of hydrogen-bond donors (Lipinski definition) is 3. The molecule has 0 saturated carbocycles. The number of hydrogen-bond acceptors (Lipinski definition) is 4. The lowest BCUT2D eigenvalue weighted by Crippen LogP contribution is -2.50. The van der Waals surface area contributed by atoms with E-state index < -0.39 is 36.0 Å². The summed E-state index contributed by atoms with van der Waals surface area (Å²) in [5, 5.41) is 21.3. The molecule has 1 fully saturated rings. The van der Waals surface area contributed by atoms with Gasteiger partial charge in [-0.1, -0.05) is 15.9 Å². The second kappa shape index (κ2) is 7.10. The third-order valence-electron chi connectivity index (χ3n) is 3.67. The number of likely N-dealkylation sites (tertiary alicyclic amines) is 1. The molecule has 1 aromatic carbocycles. The van der Waals surface area contributed by atoms with Crippen LogP contribution in [0.3, 0.4) is 0 Å². The number of carboxylic acids is 1. The highest BCUT2D eigenvalue weighted by Gasteiger charge is 2.40. The molecule has 7 nitrogen and oxygen atoms in total. The fourth-order valence-electron chi connectivity index (χ4n) is 2.48. The predicted molar refractivity (Wildman–Crippen MR) is 84.8 cm³/mol. The van der Waals surface area contributed by atoms with E-state index in [1.165, 1.54) is 6.92 Å². The van der Waals surface area contributed by atoms with Crippen LogP contribution >= 0.6 is 15.9 Å². The Hall–Kier alpha value is -1.93. The van der Waals surface area contributed by atoms with Crippen molar-refractivity contribution in [2.75, 3.05) is 6.54 Å². The first-order valence-corrected chi connectivity index (χ1v) is 7.86. The molecule has 1 saturated heterocycles. The van der Waals surface area contributed by atoms with Crippen molar-refractivity contribution < 1.29 is 24.6 Å². The van der Waals surface area contributed by atoms with Gasteiger partial charge in [0.2, 0.25) is 5.91 Å². The first-order chi connectivity index (χ1) is 10.8. The third-order valence-corrected chi connectivity index (χ3v) is 4.20. The van der Waals surface area contributed by atoms with Gasteiger partial charge in [-0.25, -0.2) is 4.79 Å².